The van der Waals surface area contributed by atoms with Gasteiger partial charge < -0.3 is 4.74 Å². The summed E-state index contributed by atoms with van der Waals surface area (Å²) in [5.41, 5.74) is 2.47. The minimum Gasteiger partial charge on any atom is -0.381 e. The molecule has 0 aliphatic carbocycles. The summed E-state index contributed by atoms with van der Waals surface area (Å²) < 4.78 is 7.35. The van der Waals surface area contributed by atoms with Crippen LogP contribution in [0.15, 0.2) is 30.6 Å². The number of hydrogen-bond acceptors (Lipinski definition) is 3. The fraction of sp³-hybridized carbons (Fsp3) is 0.333. The summed E-state index contributed by atoms with van der Waals surface area (Å²) in [6.45, 7) is 1.57. The molecule has 3 rings (SSSR count). The highest BCUT2D eigenvalue weighted by Gasteiger charge is 2.16. The van der Waals surface area contributed by atoms with E-state index in [1.54, 1.807) is 6.07 Å². The zero-order valence-corrected chi connectivity index (χ0v) is 11.7. The van der Waals surface area contributed by atoms with Gasteiger partial charge in [-0.2, -0.15) is 10.4 Å². The van der Waals surface area contributed by atoms with Gasteiger partial charge in [-0.1, -0.05) is 11.6 Å². The van der Waals surface area contributed by atoms with E-state index in [1.165, 1.54) is 0 Å². The summed E-state index contributed by atoms with van der Waals surface area (Å²) in [4.78, 5) is 0. The number of hydrogen-bond donors (Lipinski definition) is 0. The summed E-state index contributed by atoms with van der Waals surface area (Å²) in [6, 6.07) is 7.86. The van der Waals surface area contributed by atoms with E-state index in [0.29, 0.717) is 16.6 Å². The molecule has 5 heteroatoms. The molecule has 4 nitrogen and oxygen atoms in total. The van der Waals surface area contributed by atoms with Gasteiger partial charge in [0.2, 0.25) is 0 Å². The first-order valence-electron chi connectivity index (χ1n) is 6.59. The number of halogens is 1. The van der Waals surface area contributed by atoms with Gasteiger partial charge in [-0.3, -0.25) is 4.68 Å². The molecule has 102 valence electrons. The lowest BCUT2D eigenvalue weighted by atomic mass is 10.1. The van der Waals surface area contributed by atoms with Crippen LogP contribution in [0.2, 0.25) is 5.02 Å². The molecule has 1 saturated heterocycles. The van der Waals surface area contributed by atoms with Crippen molar-refractivity contribution in [1.29, 1.82) is 5.26 Å². The SMILES string of the molecule is N#Cc1cc(Cl)cc(-c2cnn(C3CCOCC3)c2)c1. The minimum absolute atomic E-state index is 0.395. The lowest BCUT2D eigenvalue weighted by Gasteiger charge is -2.22. The molecule has 2 heterocycles. The third-order valence-corrected chi connectivity index (χ3v) is 3.74. The maximum Gasteiger partial charge on any atom is 0.0992 e. The Morgan fingerprint density at radius 1 is 1.25 bits per heavy atom. The molecule has 1 aliphatic heterocycles. The Bertz CT molecular complexity index is 653. The fourth-order valence-electron chi connectivity index (χ4n) is 2.46. The molecule has 1 aliphatic rings. The third kappa shape index (κ3) is 2.69. The van der Waals surface area contributed by atoms with E-state index in [4.69, 9.17) is 21.6 Å². The van der Waals surface area contributed by atoms with Crippen molar-refractivity contribution in [3.8, 4) is 17.2 Å². The predicted molar refractivity (Wildman–Crippen MR) is 76.5 cm³/mol. The number of aromatic nitrogens is 2. The molecule has 0 radical (unpaired) electrons. The zero-order chi connectivity index (χ0) is 13.9. The summed E-state index contributed by atoms with van der Waals surface area (Å²) >= 11 is 6.04. The van der Waals surface area contributed by atoms with E-state index in [0.717, 1.165) is 37.2 Å². The van der Waals surface area contributed by atoms with Crippen LogP contribution in [0.25, 0.3) is 11.1 Å². The van der Waals surface area contributed by atoms with Crippen molar-refractivity contribution in [3.63, 3.8) is 0 Å². The topological polar surface area (TPSA) is 50.8 Å². The Labute approximate surface area is 122 Å². The van der Waals surface area contributed by atoms with Crippen LogP contribution in [-0.2, 0) is 4.74 Å². The normalized spacial score (nSPS) is 16.0. The first-order chi connectivity index (χ1) is 9.76. The average Bonchev–Trinajstić information content (AvgIpc) is 2.97. The molecule has 0 N–H and O–H groups in total. The van der Waals surface area contributed by atoms with Gasteiger partial charge in [-0.05, 0) is 36.6 Å². The van der Waals surface area contributed by atoms with Gasteiger partial charge >= 0.3 is 0 Å². The Kier molecular flexibility index (Phi) is 3.72. The van der Waals surface area contributed by atoms with Gasteiger partial charge in [-0.25, -0.2) is 0 Å². The second-order valence-electron chi connectivity index (χ2n) is 4.89. The van der Waals surface area contributed by atoms with Crippen molar-refractivity contribution in [2.24, 2.45) is 0 Å². The summed E-state index contributed by atoms with van der Waals surface area (Å²) in [5.74, 6) is 0. The van der Waals surface area contributed by atoms with E-state index >= 15 is 0 Å². The van der Waals surface area contributed by atoms with E-state index in [1.807, 2.05) is 29.2 Å². The van der Waals surface area contributed by atoms with Crippen molar-refractivity contribution < 1.29 is 4.74 Å². The van der Waals surface area contributed by atoms with Crippen molar-refractivity contribution in [2.75, 3.05) is 13.2 Å². The maximum absolute atomic E-state index is 9.00. The maximum atomic E-state index is 9.00. The number of nitrogens with zero attached hydrogens (tertiary/aromatic N) is 3. The lowest BCUT2D eigenvalue weighted by molar-refractivity contribution is 0.0662. The summed E-state index contributed by atoms with van der Waals surface area (Å²) in [5, 5.41) is 14.0. The van der Waals surface area contributed by atoms with E-state index in [-0.39, 0.29) is 0 Å². The monoisotopic (exact) mass is 287 g/mol. The van der Waals surface area contributed by atoms with Crippen LogP contribution in [0.1, 0.15) is 24.4 Å². The number of nitriles is 1. The van der Waals surface area contributed by atoms with Crippen molar-refractivity contribution in [3.05, 3.63) is 41.2 Å². The number of benzene rings is 1. The van der Waals surface area contributed by atoms with Crippen LogP contribution in [-0.4, -0.2) is 23.0 Å². The molecule has 0 unspecified atom stereocenters. The average molecular weight is 288 g/mol. The first kappa shape index (κ1) is 13.2. The second-order valence-corrected chi connectivity index (χ2v) is 5.33. The highest BCUT2D eigenvalue weighted by atomic mass is 35.5. The summed E-state index contributed by atoms with van der Waals surface area (Å²) in [6.07, 6.45) is 5.81. The Hall–Kier alpha value is -1.83. The van der Waals surface area contributed by atoms with E-state index in [2.05, 4.69) is 11.2 Å². The van der Waals surface area contributed by atoms with E-state index in [9.17, 15) is 0 Å². The van der Waals surface area contributed by atoms with Crippen molar-refractivity contribution in [2.45, 2.75) is 18.9 Å². The molecular weight excluding hydrogens is 274 g/mol. The molecule has 1 aromatic heterocycles. The van der Waals surface area contributed by atoms with E-state index < -0.39 is 0 Å². The molecule has 20 heavy (non-hydrogen) atoms. The molecule has 0 bridgehead atoms. The van der Waals surface area contributed by atoms with Crippen LogP contribution < -0.4 is 0 Å². The van der Waals surface area contributed by atoms with Crippen LogP contribution >= 0.6 is 11.6 Å². The van der Waals surface area contributed by atoms with Gasteiger partial charge in [0.25, 0.3) is 0 Å². The highest BCUT2D eigenvalue weighted by molar-refractivity contribution is 6.31. The molecule has 0 saturated carbocycles. The molecular formula is C15H14ClN3O. The minimum atomic E-state index is 0.395. The van der Waals surface area contributed by atoms with Crippen LogP contribution in [0.3, 0.4) is 0 Å². The third-order valence-electron chi connectivity index (χ3n) is 3.53. The first-order valence-corrected chi connectivity index (χ1v) is 6.97. The smallest absolute Gasteiger partial charge is 0.0992 e. The Morgan fingerprint density at radius 2 is 2.05 bits per heavy atom. The lowest BCUT2D eigenvalue weighted by Crippen LogP contribution is -2.19. The van der Waals surface area contributed by atoms with Gasteiger partial charge in [0, 0.05) is 30.0 Å². The number of ether oxygens (including phenoxy) is 1. The van der Waals surface area contributed by atoms with Crippen LogP contribution in [0.5, 0.6) is 0 Å². The van der Waals surface area contributed by atoms with Crippen LogP contribution in [0, 0.1) is 11.3 Å². The zero-order valence-electron chi connectivity index (χ0n) is 10.9. The van der Waals surface area contributed by atoms with Gasteiger partial charge in [-0.15, -0.1) is 0 Å². The van der Waals surface area contributed by atoms with Crippen molar-refractivity contribution >= 4 is 11.6 Å². The second kappa shape index (κ2) is 5.66. The quantitative estimate of drug-likeness (QED) is 0.850. The molecule has 0 spiro atoms. The standard InChI is InChI=1S/C15H14ClN3O/c16-14-6-11(8-17)5-12(7-14)13-9-18-19(10-13)15-1-3-20-4-2-15/h5-7,9-10,15H,1-4H2. The Morgan fingerprint density at radius 3 is 2.80 bits per heavy atom. The van der Waals surface area contributed by atoms with Gasteiger partial charge in [0.15, 0.2) is 0 Å². The van der Waals surface area contributed by atoms with Crippen molar-refractivity contribution in [1.82, 2.24) is 9.78 Å². The largest absolute Gasteiger partial charge is 0.381 e. The fourth-order valence-corrected chi connectivity index (χ4v) is 2.69. The Balaban J connectivity index is 1.90. The molecule has 1 fully saturated rings. The molecule has 2 aromatic rings. The predicted octanol–water partition coefficient (Wildman–Crippen LogP) is 3.43. The molecule has 0 atom stereocenters. The van der Waals surface area contributed by atoms with Crippen LogP contribution in [0.4, 0.5) is 0 Å². The molecule has 1 aromatic carbocycles. The summed E-state index contributed by atoms with van der Waals surface area (Å²) in [7, 11) is 0. The van der Waals surface area contributed by atoms with Gasteiger partial charge in [0.1, 0.15) is 0 Å². The van der Waals surface area contributed by atoms with Gasteiger partial charge in [0.05, 0.1) is 23.9 Å². The highest BCUT2D eigenvalue weighted by Crippen LogP contribution is 2.27. The number of rotatable bonds is 2. The molecule has 0 amide bonds.